The van der Waals surface area contributed by atoms with Crippen molar-refractivity contribution in [1.29, 1.82) is 0 Å². The Bertz CT molecular complexity index is 1100. The smallest absolute Gasteiger partial charge is 0.348 e. The third kappa shape index (κ3) is 6.77. The van der Waals surface area contributed by atoms with Gasteiger partial charge >= 0.3 is 11.9 Å². The minimum Gasteiger partial charge on any atom is -0.462 e. The van der Waals surface area contributed by atoms with E-state index in [0.717, 1.165) is 22.5 Å². The third-order valence-corrected chi connectivity index (χ3v) is 6.57. The van der Waals surface area contributed by atoms with Gasteiger partial charge in [0.1, 0.15) is 16.5 Å². The monoisotopic (exact) mass is 495 g/mol. The first kappa shape index (κ1) is 26.1. The lowest BCUT2D eigenvalue weighted by atomic mass is 9.88. The highest BCUT2D eigenvalue weighted by molar-refractivity contribution is 7.18. The Hall–Kier alpha value is -3.49. The number of carbonyl (C=O) groups is 3. The van der Waals surface area contributed by atoms with Gasteiger partial charge in [0.15, 0.2) is 0 Å². The van der Waals surface area contributed by atoms with E-state index < -0.39 is 11.9 Å². The molecule has 0 atom stereocenters. The van der Waals surface area contributed by atoms with Crippen LogP contribution in [0, 0.1) is 6.92 Å². The lowest BCUT2D eigenvalue weighted by Crippen LogP contribution is -2.18. The standard InChI is InChI=1S/C27H29NO6S/c1-4-33-26(30)23-18(2)24(27(31)34-16-15-32-3)35-25(23)28-22(29)17-21(19-11-7-5-8-12-19)20-13-9-6-10-14-20/h5-14,21H,4,15-17H2,1-3H3,(H,28,29). The average Bonchev–Trinajstić information content (AvgIpc) is 3.19. The normalized spacial score (nSPS) is 10.7. The van der Waals surface area contributed by atoms with E-state index in [1.54, 1.807) is 13.8 Å². The summed E-state index contributed by atoms with van der Waals surface area (Å²) in [5.74, 6) is -1.64. The van der Waals surface area contributed by atoms with E-state index in [9.17, 15) is 14.4 Å². The molecule has 0 aliphatic rings. The predicted octanol–water partition coefficient (Wildman–Crippen LogP) is 5.20. The molecule has 0 fully saturated rings. The summed E-state index contributed by atoms with van der Waals surface area (Å²) in [6.45, 7) is 3.84. The number of amides is 1. The van der Waals surface area contributed by atoms with Gasteiger partial charge in [-0.05, 0) is 30.5 Å². The number of anilines is 1. The first-order chi connectivity index (χ1) is 17.0. The van der Waals surface area contributed by atoms with Gasteiger partial charge in [0.25, 0.3) is 0 Å². The van der Waals surface area contributed by atoms with E-state index in [1.807, 2.05) is 60.7 Å². The molecule has 0 spiro atoms. The summed E-state index contributed by atoms with van der Waals surface area (Å²) in [7, 11) is 1.51. The fourth-order valence-electron chi connectivity index (χ4n) is 3.69. The number of esters is 2. The van der Waals surface area contributed by atoms with Gasteiger partial charge in [-0.1, -0.05) is 60.7 Å². The van der Waals surface area contributed by atoms with Crippen molar-refractivity contribution in [3.05, 3.63) is 87.8 Å². The lowest BCUT2D eigenvalue weighted by molar-refractivity contribution is -0.116. The maximum absolute atomic E-state index is 13.2. The van der Waals surface area contributed by atoms with E-state index >= 15 is 0 Å². The topological polar surface area (TPSA) is 90.9 Å². The molecule has 2 aromatic carbocycles. The Morgan fingerprint density at radius 3 is 2.03 bits per heavy atom. The zero-order valence-electron chi connectivity index (χ0n) is 20.0. The molecule has 1 amide bonds. The fraction of sp³-hybridized carbons (Fsp3) is 0.296. The fourth-order valence-corrected chi connectivity index (χ4v) is 4.80. The largest absolute Gasteiger partial charge is 0.462 e. The quantitative estimate of drug-likeness (QED) is 0.291. The number of methoxy groups -OCH3 is 1. The second-order valence-corrected chi connectivity index (χ2v) is 8.76. The number of benzene rings is 2. The van der Waals surface area contributed by atoms with Crippen molar-refractivity contribution in [3.63, 3.8) is 0 Å². The first-order valence-corrected chi connectivity index (χ1v) is 12.1. The van der Waals surface area contributed by atoms with Crippen LogP contribution in [0.15, 0.2) is 60.7 Å². The molecule has 1 aromatic heterocycles. The molecule has 184 valence electrons. The molecule has 3 rings (SSSR count). The summed E-state index contributed by atoms with van der Waals surface area (Å²) in [4.78, 5) is 38.7. The highest BCUT2D eigenvalue weighted by atomic mass is 32.1. The molecule has 3 aromatic rings. The Labute approximate surface area is 209 Å². The summed E-state index contributed by atoms with van der Waals surface area (Å²) in [5.41, 5.74) is 2.59. The molecule has 1 N–H and O–H groups in total. The van der Waals surface area contributed by atoms with Gasteiger partial charge in [-0.2, -0.15) is 0 Å². The van der Waals surface area contributed by atoms with Crippen molar-refractivity contribution in [2.45, 2.75) is 26.2 Å². The van der Waals surface area contributed by atoms with Crippen LogP contribution in [-0.4, -0.2) is 44.8 Å². The number of carbonyl (C=O) groups excluding carboxylic acids is 3. The van der Waals surface area contributed by atoms with Crippen LogP contribution in [0.2, 0.25) is 0 Å². The Morgan fingerprint density at radius 2 is 1.49 bits per heavy atom. The van der Waals surface area contributed by atoms with Crippen LogP contribution in [0.5, 0.6) is 0 Å². The van der Waals surface area contributed by atoms with E-state index in [-0.39, 0.29) is 53.5 Å². The van der Waals surface area contributed by atoms with Crippen LogP contribution in [0.1, 0.15) is 56.0 Å². The zero-order valence-corrected chi connectivity index (χ0v) is 20.9. The van der Waals surface area contributed by atoms with E-state index in [0.29, 0.717) is 5.56 Å². The van der Waals surface area contributed by atoms with Crippen molar-refractivity contribution in [3.8, 4) is 0 Å². The second kappa shape index (κ2) is 12.8. The number of hydrogen-bond donors (Lipinski definition) is 1. The van der Waals surface area contributed by atoms with Crippen LogP contribution in [0.4, 0.5) is 5.00 Å². The molecule has 1 heterocycles. The van der Waals surface area contributed by atoms with Gasteiger partial charge < -0.3 is 19.5 Å². The van der Waals surface area contributed by atoms with Crippen molar-refractivity contribution in [2.75, 3.05) is 32.2 Å². The van der Waals surface area contributed by atoms with Gasteiger partial charge in [-0.3, -0.25) is 4.79 Å². The Morgan fingerprint density at radius 1 is 0.886 bits per heavy atom. The predicted molar refractivity (Wildman–Crippen MR) is 135 cm³/mol. The molecule has 7 nitrogen and oxygen atoms in total. The van der Waals surface area contributed by atoms with Crippen LogP contribution in [0.25, 0.3) is 0 Å². The van der Waals surface area contributed by atoms with Crippen molar-refractivity contribution < 1.29 is 28.6 Å². The molecule has 0 saturated heterocycles. The summed E-state index contributed by atoms with van der Waals surface area (Å²) in [6.07, 6.45) is 0.154. The lowest BCUT2D eigenvalue weighted by Gasteiger charge is -2.18. The van der Waals surface area contributed by atoms with Gasteiger partial charge in [0.05, 0.1) is 18.8 Å². The van der Waals surface area contributed by atoms with Gasteiger partial charge in [-0.25, -0.2) is 9.59 Å². The SMILES string of the molecule is CCOC(=O)c1c(NC(=O)CC(c2ccccc2)c2ccccc2)sc(C(=O)OCCOC)c1C. The Kier molecular flexibility index (Phi) is 9.57. The second-order valence-electron chi connectivity index (χ2n) is 7.74. The average molecular weight is 496 g/mol. The van der Waals surface area contributed by atoms with Gasteiger partial charge in [0.2, 0.25) is 5.91 Å². The van der Waals surface area contributed by atoms with Crippen LogP contribution < -0.4 is 5.32 Å². The summed E-state index contributed by atoms with van der Waals surface area (Å²) in [5, 5.41) is 3.12. The third-order valence-electron chi connectivity index (χ3n) is 5.38. The molecule has 0 aliphatic carbocycles. The Balaban J connectivity index is 1.88. The summed E-state index contributed by atoms with van der Waals surface area (Å²) < 4.78 is 15.3. The van der Waals surface area contributed by atoms with Crippen molar-refractivity contribution in [1.82, 2.24) is 0 Å². The molecule has 0 bridgehead atoms. The van der Waals surface area contributed by atoms with Crippen LogP contribution in [-0.2, 0) is 19.0 Å². The molecule has 8 heteroatoms. The minimum absolute atomic E-state index is 0.0823. The summed E-state index contributed by atoms with van der Waals surface area (Å²) >= 11 is 1.01. The molecule has 0 radical (unpaired) electrons. The number of ether oxygens (including phenoxy) is 3. The van der Waals surface area contributed by atoms with Crippen LogP contribution in [0.3, 0.4) is 0 Å². The van der Waals surface area contributed by atoms with Gasteiger partial charge in [0, 0.05) is 19.4 Å². The zero-order chi connectivity index (χ0) is 25.2. The molecule has 0 unspecified atom stereocenters. The highest BCUT2D eigenvalue weighted by Gasteiger charge is 2.28. The molecular formula is C27H29NO6S. The summed E-state index contributed by atoms with van der Waals surface area (Å²) in [6, 6.07) is 19.5. The molecular weight excluding hydrogens is 466 g/mol. The number of rotatable bonds is 11. The van der Waals surface area contributed by atoms with Gasteiger partial charge in [-0.15, -0.1) is 11.3 Å². The van der Waals surface area contributed by atoms with E-state index in [1.165, 1.54) is 7.11 Å². The van der Waals surface area contributed by atoms with Crippen molar-refractivity contribution >= 4 is 34.2 Å². The minimum atomic E-state index is -0.602. The maximum Gasteiger partial charge on any atom is 0.348 e. The first-order valence-electron chi connectivity index (χ1n) is 11.3. The van der Waals surface area contributed by atoms with E-state index in [2.05, 4.69) is 5.32 Å². The maximum atomic E-state index is 13.2. The number of hydrogen-bond acceptors (Lipinski definition) is 7. The van der Waals surface area contributed by atoms with Crippen LogP contribution >= 0.6 is 11.3 Å². The number of nitrogens with one attached hydrogen (secondary N) is 1. The van der Waals surface area contributed by atoms with E-state index in [4.69, 9.17) is 14.2 Å². The number of thiophene rings is 1. The molecule has 0 saturated carbocycles. The van der Waals surface area contributed by atoms with Crippen molar-refractivity contribution in [2.24, 2.45) is 0 Å². The highest BCUT2D eigenvalue weighted by Crippen LogP contribution is 2.35. The molecule has 0 aliphatic heterocycles. The molecule has 35 heavy (non-hydrogen) atoms.